The van der Waals surface area contributed by atoms with Gasteiger partial charge in [-0.25, -0.2) is 4.39 Å². The van der Waals surface area contributed by atoms with Crippen molar-refractivity contribution in [3.8, 4) is 5.75 Å². The number of carbonyl (C=O) groups excluding carboxylic acids is 3. The van der Waals surface area contributed by atoms with Crippen LogP contribution < -0.4 is 20.9 Å². The van der Waals surface area contributed by atoms with Crippen molar-refractivity contribution in [2.75, 3.05) is 11.9 Å². The van der Waals surface area contributed by atoms with E-state index in [9.17, 15) is 18.8 Å². The Labute approximate surface area is 200 Å². The van der Waals surface area contributed by atoms with Crippen LogP contribution in [0, 0.1) is 5.82 Å². The predicted octanol–water partition coefficient (Wildman–Crippen LogP) is 4.00. The summed E-state index contributed by atoms with van der Waals surface area (Å²) in [5, 5.41) is 4.39. The fourth-order valence-electron chi connectivity index (χ4n) is 3.53. The van der Waals surface area contributed by atoms with Crippen LogP contribution in [0.1, 0.15) is 15.9 Å². The van der Waals surface area contributed by atoms with Crippen LogP contribution in [-0.2, 0) is 16.0 Å². The summed E-state index contributed by atoms with van der Waals surface area (Å²) < 4.78 is 19.2. The predicted molar refractivity (Wildman–Crippen MR) is 130 cm³/mol. The van der Waals surface area contributed by atoms with Crippen molar-refractivity contribution in [2.24, 2.45) is 0 Å². The summed E-state index contributed by atoms with van der Waals surface area (Å²) in [4.78, 5) is 37.3. The van der Waals surface area contributed by atoms with E-state index in [4.69, 9.17) is 4.74 Å². The number of carbonyl (C=O) groups is 3. The molecule has 0 aliphatic carbocycles. The molecule has 0 unspecified atom stereocenters. The number of ether oxygens (including phenoxy) is 1. The van der Waals surface area contributed by atoms with Gasteiger partial charge in [0.2, 0.25) is 5.91 Å². The van der Waals surface area contributed by atoms with Crippen LogP contribution in [0.4, 0.5) is 10.1 Å². The van der Waals surface area contributed by atoms with Crippen LogP contribution in [-0.4, -0.2) is 24.3 Å². The van der Waals surface area contributed by atoms with E-state index in [1.165, 1.54) is 30.3 Å². The van der Waals surface area contributed by atoms with Crippen molar-refractivity contribution >= 4 is 34.2 Å². The first-order chi connectivity index (χ1) is 17.0. The van der Waals surface area contributed by atoms with E-state index in [0.717, 1.165) is 16.3 Å². The molecule has 35 heavy (non-hydrogen) atoms. The van der Waals surface area contributed by atoms with E-state index >= 15 is 0 Å². The molecule has 0 radical (unpaired) electrons. The van der Waals surface area contributed by atoms with Gasteiger partial charge >= 0.3 is 0 Å². The SMILES string of the molecule is O=C(Cc1cccc2ccccc12)NNC(=O)c1ccccc1OCC(=O)Nc1ccccc1F. The monoisotopic (exact) mass is 471 g/mol. The highest BCUT2D eigenvalue weighted by molar-refractivity contribution is 5.98. The summed E-state index contributed by atoms with van der Waals surface area (Å²) in [6.45, 7) is -0.438. The van der Waals surface area contributed by atoms with Gasteiger partial charge in [0.15, 0.2) is 6.61 Å². The van der Waals surface area contributed by atoms with Gasteiger partial charge in [-0.1, -0.05) is 66.7 Å². The number of rotatable bonds is 7. The number of hydrogen-bond donors (Lipinski definition) is 3. The Morgan fingerprint density at radius 3 is 2.31 bits per heavy atom. The summed E-state index contributed by atoms with van der Waals surface area (Å²) in [6.07, 6.45) is 0.0794. The number of benzene rings is 4. The van der Waals surface area contributed by atoms with Crippen LogP contribution >= 0.6 is 0 Å². The molecule has 7 nitrogen and oxygen atoms in total. The summed E-state index contributed by atoms with van der Waals surface area (Å²) >= 11 is 0. The van der Waals surface area contributed by atoms with Gasteiger partial charge in [-0.15, -0.1) is 0 Å². The van der Waals surface area contributed by atoms with E-state index in [1.54, 1.807) is 18.2 Å². The zero-order valence-electron chi connectivity index (χ0n) is 18.6. The number of para-hydroxylation sites is 2. The second-order valence-corrected chi connectivity index (χ2v) is 7.63. The van der Waals surface area contributed by atoms with Gasteiger partial charge in [-0.05, 0) is 40.6 Å². The topological polar surface area (TPSA) is 96.5 Å². The zero-order chi connectivity index (χ0) is 24.6. The third-order valence-electron chi connectivity index (χ3n) is 5.18. The molecule has 0 atom stereocenters. The zero-order valence-corrected chi connectivity index (χ0v) is 18.6. The first-order valence-electron chi connectivity index (χ1n) is 10.8. The normalized spacial score (nSPS) is 10.4. The molecule has 3 amide bonds. The highest BCUT2D eigenvalue weighted by Gasteiger charge is 2.15. The molecule has 3 N–H and O–H groups in total. The first kappa shape index (κ1) is 23.4. The number of anilines is 1. The fourth-order valence-corrected chi connectivity index (χ4v) is 3.53. The minimum atomic E-state index is -0.610. The lowest BCUT2D eigenvalue weighted by molar-refractivity contribution is -0.121. The largest absolute Gasteiger partial charge is 0.483 e. The van der Waals surface area contributed by atoms with E-state index in [1.807, 2.05) is 42.5 Å². The third kappa shape index (κ3) is 6.00. The average molecular weight is 471 g/mol. The van der Waals surface area contributed by atoms with Crippen LogP contribution in [0.25, 0.3) is 10.8 Å². The molecule has 0 saturated heterocycles. The first-order valence-corrected chi connectivity index (χ1v) is 10.8. The summed E-state index contributed by atoms with van der Waals surface area (Å²) in [5.41, 5.74) is 5.77. The Morgan fingerprint density at radius 2 is 1.46 bits per heavy atom. The Bertz CT molecular complexity index is 1380. The molecule has 4 aromatic carbocycles. The van der Waals surface area contributed by atoms with Gasteiger partial charge in [0.1, 0.15) is 11.6 Å². The smallest absolute Gasteiger partial charge is 0.273 e. The van der Waals surface area contributed by atoms with Crippen molar-refractivity contribution in [1.82, 2.24) is 10.9 Å². The Morgan fingerprint density at radius 1 is 0.743 bits per heavy atom. The van der Waals surface area contributed by atoms with Gasteiger partial charge in [0.05, 0.1) is 17.7 Å². The number of hydrazine groups is 1. The third-order valence-corrected chi connectivity index (χ3v) is 5.18. The van der Waals surface area contributed by atoms with Gasteiger partial charge in [0, 0.05) is 0 Å². The quantitative estimate of drug-likeness (QED) is 0.355. The maximum atomic E-state index is 13.7. The molecule has 0 aliphatic heterocycles. The van der Waals surface area contributed by atoms with Crippen molar-refractivity contribution in [1.29, 1.82) is 0 Å². The molecule has 4 aromatic rings. The molecular formula is C27H22FN3O4. The highest BCUT2D eigenvalue weighted by Crippen LogP contribution is 2.20. The maximum Gasteiger partial charge on any atom is 0.273 e. The Hall–Kier alpha value is -4.72. The number of hydrogen-bond acceptors (Lipinski definition) is 4. The van der Waals surface area contributed by atoms with E-state index < -0.39 is 30.1 Å². The van der Waals surface area contributed by atoms with Crippen molar-refractivity contribution in [3.63, 3.8) is 0 Å². The molecule has 4 rings (SSSR count). The lowest BCUT2D eigenvalue weighted by Gasteiger charge is -2.13. The van der Waals surface area contributed by atoms with E-state index in [0.29, 0.717) is 0 Å². The Balaban J connectivity index is 1.34. The molecule has 0 aromatic heterocycles. The second kappa shape index (κ2) is 10.9. The summed E-state index contributed by atoms with van der Waals surface area (Å²) in [7, 11) is 0. The number of amides is 3. The van der Waals surface area contributed by atoms with Gasteiger partial charge in [0.25, 0.3) is 11.8 Å². The molecule has 0 spiro atoms. The number of nitrogens with one attached hydrogen (secondary N) is 3. The summed E-state index contributed by atoms with van der Waals surface area (Å²) in [6, 6.07) is 25.5. The van der Waals surface area contributed by atoms with Crippen molar-refractivity contribution in [2.45, 2.75) is 6.42 Å². The molecule has 0 aliphatic rings. The minimum absolute atomic E-state index is 0.0287. The molecule has 0 fully saturated rings. The molecule has 8 heteroatoms. The van der Waals surface area contributed by atoms with Crippen LogP contribution in [0.15, 0.2) is 91.0 Å². The molecule has 0 bridgehead atoms. The van der Waals surface area contributed by atoms with Gasteiger partial charge in [-0.3, -0.25) is 25.2 Å². The van der Waals surface area contributed by atoms with Gasteiger partial charge < -0.3 is 10.1 Å². The molecule has 0 saturated carbocycles. The minimum Gasteiger partial charge on any atom is -0.483 e. The van der Waals surface area contributed by atoms with E-state index in [-0.39, 0.29) is 23.4 Å². The second-order valence-electron chi connectivity index (χ2n) is 7.63. The number of halogens is 1. The maximum absolute atomic E-state index is 13.7. The highest BCUT2D eigenvalue weighted by atomic mass is 19.1. The number of fused-ring (bicyclic) bond motifs is 1. The fraction of sp³-hybridized carbons (Fsp3) is 0.0741. The lowest BCUT2D eigenvalue weighted by Crippen LogP contribution is -2.42. The van der Waals surface area contributed by atoms with E-state index in [2.05, 4.69) is 16.2 Å². The average Bonchev–Trinajstić information content (AvgIpc) is 2.88. The van der Waals surface area contributed by atoms with Crippen LogP contribution in [0.2, 0.25) is 0 Å². The lowest BCUT2D eigenvalue weighted by atomic mass is 10.0. The standard InChI is InChI=1S/C27H22FN3O4/c28-22-13-4-5-14-23(22)29-26(33)17-35-24-15-6-3-12-21(24)27(34)31-30-25(32)16-19-10-7-9-18-8-1-2-11-20(18)19/h1-15H,16-17H2,(H,29,33)(H,30,32)(H,31,34). The van der Waals surface area contributed by atoms with Crippen LogP contribution in [0.5, 0.6) is 5.75 Å². The molecule has 176 valence electrons. The Kier molecular flexibility index (Phi) is 7.32. The summed E-state index contributed by atoms with van der Waals surface area (Å²) in [5.74, 6) is -2.02. The van der Waals surface area contributed by atoms with Gasteiger partial charge in [-0.2, -0.15) is 0 Å². The van der Waals surface area contributed by atoms with Crippen molar-refractivity contribution in [3.05, 3.63) is 108 Å². The van der Waals surface area contributed by atoms with Crippen LogP contribution in [0.3, 0.4) is 0 Å². The molecule has 0 heterocycles. The molecular weight excluding hydrogens is 449 g/mol. The van der Waals surface area contributed by atoms with Crippen molar-refractivity contribution < 1.29 is 23.5 Å².